The Morgan fingerprint density at radius 1 is 1.38 bits per heavy atom. The van der Waals surface area contributed by atoms with E-state index in [0.29, 0.717) is 0 Å². The van der Waals surface area contributed by atoms with Crippen molar-refractivity contribution in [1.82, 2.24) is 10.3 Å². The zero-order valence-corrected chi connectivity index (χ0v) is 10.9. The molecule has 0 aliphatic carbocycles. The van der Waals surface area contributed by atoms with Crippen LogP contribution in [0.4, 0.5) is 0 Å². The van der Waals surface area contributed by atoms with Gasteiger partial charge in [0.05, 0.1) is 5.25 Å². The first-order chi connectivity index (χ1) is 7.36. The van der Waals surface area contributed by atoms with Gasteiger partial charge in [-0.2, -0.15) is 0 Å². The molecule has 0 saturated carbocycles. The minimum atomic E-state index is -3.06. The fourth-order valence-corrected chi connectivity index (χ4v) is 2.37. The average molecular weight is 242 g/mol. The second-order valence-electron chi connectivity index (χ2n) is 4.03. The lowest BCUT2D eigenvalue weighted by molar-refractivity contribution is 0.534. The summed E-state index contributed by atoms with van der Waals surface area (Å²) in [5.41, 5.74) is 1.82. The molecule has 0 saturated heterocycles. The van der Waals surface area contributed by atoms with E-state index in [9.17, 15) is 8.42 Å². The molecule has 0 aromatic carbocycles. The largest absolute Gasteiger partial charge is 0.312 e. The number of pyridine rings is 1. The molecule has 0 aliphatic rings. The number of nitrogens with zero attached hydrogens (tertiary/aromatic N) is 1. The minimum Gasteiger partial charge on any atom is -0.312 e. The van der Waals surface area contributed by atoms with Gasteiger partial charge < -0.3 is 5.32 Å². The molecule has 1 heterocycles. The summed E-state index contributed by atoms with van der Waals surface area (Å²) in [5.74, 6) is 0. The Labute approximate surface area is 97.0 Å². The third kappa shape index (κ3) is 3.02. The smallest absolute Gasteiger partial charge is 0.151 e. The van der Waals surface area contributed by atoms with Crippen molar-refractivity contribution in [2.75, 3.05) is 13.3 Å². The first-order valence-electron chi connectivity index (χ1n) is 5.15. The van der Waals surface area contributed by atoms with Crippen molar-refractivity contribution in [1.29, 1.82) is 0 Å². The second-order valence-corrected chi connectivity index (χ2v) is 6.44. The zero-order valence-electron chi connectivity index (χ0n) is 10.1. The van der Waals surface area contributed by atoms with Gasteiger partial charge in [0.15, 0.2) is 9.84 Å². The molecule has 1 N–H and O–H groups in total. The van der Waals surface area contributed by atoms with E-state index < -0.39 is 15.1 Å². The lowest BCUT2D eigenvalue weighted by Gasteiger charge is -2.22. The van der Waals surface area contributed by atoms with Crippen LogP contribution in [0.5, 0.6) is 0 Å². The van der Waals surface area contributed by atoms with E-state index in [1.54, 1.807) is 20.2 Å². The molecule has 90 valence electrons. The molecule has 1 aromatic heterocycles. The summed E-state index contributed by atoms with van der Waals surface area (Å²) >= 11 is 0. The van der Waals surface area contributed by atoms with Crippen molar-refractivity contribution in [3.8, 4) is 0 Å². The predicted octanol–water partition coefficient (Wildman–Crippen LogP) is 1.08. The fraction of sp³-hybridized carbons (Fsp3) is 0.545. The Morgan fingerprint density at radius 2 is 2.00 bits per heavy atom. The van der Waals surface area contributed by atoms with E-state index in [-0.39, 0.29) is 6.04 Å². The van der Waals surface area contributed by atoms with Crippen LogP contribution in [0.1, 0.15) is 24.2 Å². The summed E-state index contributed by atoms with van der Waals surface area (Å²) < 4.78 is 23.0. The quantitative estimate of drug-likeness (QED) is 0.858. The van der Waals surface area contributed by atoms with Gasteiger partial charge in [-0.25, -0.2) is 8.42 Å². The van der Waals surface area contributed by atoms with E-state index >= 15 is 0 Å². The van der Waals surface area contributed by atoms with Crippen molar-refractivity contribution in [3.63, 3.8) is 0 Å². The Bertz CT molecular complexity index is 440. The summed E-state index contributed by atoms with van der Waals surface area (Å²) in [5, 5.41) is 2.55. The third-order valence-electron chi connectivity index (χ3n) is 2.75. The van der Waals surface area contributed by atoms with Gasteiger partial charge in [0.2, 0.25) is 0 Å². The normalized spacial score (nSPS) is 15.8. The van der Waals surface area contributed by atoms with Crippen LogP contribution in [0, 0.1) is 6.92 Å². The van der Waals surface area contributed by atoms with Gasteiger partial charge in [-0.05, 0) is 32.5 Å². The SMILES string of the molecule is CNC(c1ccc(C)nc1)C(C)S(C)(=O)=O. The molecule has 0 amide bonds. The zero-order chi connectivity index (χ0) is 12.3. The number of rotatable bonds is 4. The van der Waals surface area contributed by atoms with Gasteiger partial charge >= 0.3 is 0 Å². The van der Waals surface area contributed by atoms with Crippen molar-refractivity contribution >= 4 is 9.84 Å². The van der Waals surface area contributed by atoms with Crippen LogP contribution in [-0.2, 0) is 9.84 Å². The van der Waals surface area contributed by atoms with Crippen molar-refractivity contribution in [2.24, 2.45) is 0 Å². The van der Waals surface area contributed by atoms with Crippen LogP contribution in [0.2, 0.25) is 0 Å². The summed E-state index contributed by atoms with van der Waals surface area (Å²) in [4.78, 5) is 4.18. The first-order valence-corrected chi connectivity index (χ1v) is 7.10. The molecular weight excluding hydrogens is 224 g/mol. The van der Waals surface area contributed by atoms with Gasteiger partial charge in [0, 0.05) is 24.2 Å². The number of hydrogen-bond donors (Lipinski definition) is 1. The lowest BCUT2D eigenvalue weighted by Crippen LogP contribution is -2.33. The highest BCUT2D eigenvalue weighted by atomic mass is 32.2. The van der Waals surface area contributed by atoms with Crippen molar-refractivity contribution < 1.29 is 8.42 Å². The molecule has 0 fully saturated rings. The molecule has 2 unspecified atom stereocenters. The van der Waals surface area contributed by atoms with Crippen LogP contribution in [0.25, 0.3) is 0 Å². The molecule has 0 spiro atoms. The standard InChI is InChI=1S/C11H18N2O2S/c1-8-5-6-10(7-13-8)11(12-3)9(2)16(4,14)15/h5-7,9,11-12H,1-4H3. The monoisotopic (exact) mass is 242 g/mol. The molecule has 16 heavy (non-hydrogen) atoms. The summed E-state index contributed by atoms with van der Waals surface area (Å²) in [6.45, 7) is 3.61. The summed E-state index contributed by atoms with van der Waals surface area (Å²) in [7, 11) is -1.31. The molecule has 0 aliphatic heterocycles. The van der Waals surface area contributed by atoms with E-state index in [4.69, 9.17) is 0 Å². The van der Waals surface area contributed by atoms with Crippen LogP contribution < -0.4 is 5.32 Å². The summed E-state index contributed by atoms with van der Waals surface area (Å²) in [6.07, 6.45) is 2.97. The molecule has 4 nitrogen and oxygen atoms in total. The van der Waals surface area contributed by atoms with E-state index in [0.717, 1.165) is 11.3 Å². The van der Waals surface area contributed by atoms with Crippen LogP contribution in [-0.4, -0.2) is 32.0 Å². The molecule has 1 aromatic rings. The van der Waals surface area contributed by atoms with Gasteiger partial charge in [-0.1, -0.05) is 6.07 Å². The van der Waals surface area contributed by atoms with Crippen molar-refractivity contribution in [2.45, 2.75) is 25.1 Å². The molecular formula is C11H18N2O2S. The van der Waals surface area contributed by atoms with Crippen LogP contribution >= 0.6 is 0 Å². The van der Waals surface area contributed by atoms with E-state index in [1.807, 2.05) is 19.1 Å². The number of hydrogen-bond acceptors (Lipinski definition) is 4. The molecule has 0 radical (unpaired) electrons. The molecule has 0 bridgehead atoms. The maximum atomic E-state index is 11.5. The van der Waals surface area contributed by atoms with Gasteiger partial charge in [0.25, 0.3) is 0 Å². The van der Waals surface area contributed by atoms with E-state index in [1.165, 1.54) is 6.26 Å². The molecule has 1 rings (SSSR count). The summed E-state index contributed by atoms with van der Waals surface area (Å²) in [6, 6.07) is 3.57. The van der Waals surface area contributed by atoms with Gasteiger partial charge in [-0.3, -0.25) is 4.98 Å². The van der Waals surface area contributed by atoms with Crippen LogP contribution in [0.3, 0.4) is 0 Å². The van der Waals surface area contributed by atoms with Crippen molar-refractivity contribution in [3.05, 3.63) is 29.6 Å². The minimum absolute atomic E-state index is 0.219. The lowest BCUT2D eigenvalue weighted by atomic mass is 10.1. The van der Waals surface area contributed by atoms with E-state index in [2.05, 4.69) is 10.3 Å². The topological polar surface area (TPSA) is 59.1 Å². The number of aryl methyl sites for hydroxylation is 1. The Morgan fingerprint density at radius 3 is 2.38 bits per heavy atom. The Kier molecular flexibility index (Phi) is 4.04. The molecule has 5 heteroatoms. The highest BCUT2D eigenvalue weighted by Gasteiger charge is 2.26. The molecule has 2 atom stereocenters. The Balaban J connectivity index is 3.03. The number of nitrogens with one attached hydrogen (secondary N) is 1. The highest BCUT2D eigenvalue weighted by Crippen LogP contribution is 2.20. The fourth-order valence-electron chi connectivity index (χ4n) is 1.58. The first kappa shape index (κ1) is 13.1. The third-order valence-corrected chi connectivity index (χ3v) is 4.37. The van der Waals surface area contributed by atoms with Gasteiger partial charge in [0.1, 0.15) is 0 Å². The predicted molar refractivity (Wildman–Crippen MR) is 65.1 cm³/mol. The number of sulfone groups is 1. The average Bonchev–Trinajstić information content (AvgIpc) is 2.20. The number of aromatic nitrogens is 1. The maximum Gasteiger partial charge on any atom is 0.151 e. The highest BCUT2D eigenvalue weighted by molar-refractivity contribution is 7.91. The maximum absolute atomic E-state index is 11.5. The second kappa shape index (κ2) is 4.93. The van der Waals surface area contributed by atoms with Gasteiger partial charge in [-0.15, -0.1) is 0 Å². The van der Waals surface area contributed by atoms with Crippen LogP contribution in [0.15, 0.2) is 18.3 Å². The Hall–Kier alpha value is -0.940.